The predicted octanol–water partition coefficient (Wildman–Crippen LogP) is 6.00. The summed E-state index contributed by atoms with van der Waals surface area (Å²) in [6.45, 7) is 5.65. The molecule has 0 N–H and O–H groups in total. The normalized spacial score (nSPS) is 15.9. The van der Waals surface area contributed by atoms with Crippen molar-refractivity contribution in [3.63, 3.8) is 0 Å². The molecule has 120 valence electrons. The zero-order valence-corrected chi connectivity index (χ0v) is 14.8. The van der Waals surface area contributed by atoms with E-state index in [1.807, 2.05) is 11.8 Å². The highest BCUT2D eigenvalue weighted by molar-refractivity contribution is 7.99. The second-order valence-corrected chi connectivity index (χ2v) is 7.62. The van der Waals surface area contributed by atoms with Crippen molar-refractivity contribution in [1.82, 2.24) is 9.55 Å². The molecule has 0 atom stereocenters. The first-order valence-electron chi connectivity index (χ1n) is 8.96. The zero-order chi connectivity index (χ0) is 15.4. The second kappa shape index (κ2) is 7.54. The van der Waals surface area contributed by atoms with Crippen LogP contribution in [-0.2, 0) is 6.54 Å². The van der Waals surface area contributed by atoms with Crippen LogP contribution in [0, 0.1) is 0 Å². The lowest BCUT2D eigenvalue weighted by atomic mass is 10.1. The van der Waals surface area contributed by atoms with E-state index in [2.05, 4.69) is 36.6 Å². The van der Waals surface area contributed by atoms with Gasteiger partial charge in [-0.05, 0) is 49.6 Å². The van der Waals surface area contributed by atoms with Gasteiger partial charge >= 0.3 is 0 Å². The molecule has 0 spiro atoms. The van der Waals surface area contributed by atoms with Gasteiger partial charge in [-0.3, -0.25) is 0 Å². The fourth-order valence-corrected chi connectivity index (χ4v) is 4.28. The van der Waals surface area contributed by atoms with Crippen LogP contribution in [0.5, 0.6) is 0 Å². The van der Waals surface area contributed by atoms with Crippen LogP contribution in [0.15, 0.2) is 23.1 Å². The summed E-state index contributed by atoms with van der Waals surface area (Å²) in [4.78, 5) is 6.42. The molecule has 3 rings (SSSR count). The van der Waals surface area contributed by atoms with Crippen molar-refractivity contribution < 1.29 is 0 Å². The molecule has 1 aliphatic carbocycles. The molecule has 1 saturated carbocycles. The van der Waals surface area contributed by atoms with Gasteiger partial charge < -0.3 is 4.57 Å². The summed E-state index contributed by atoms with van der Waals surface area (Å²) in [5.74, 6) is 3.25. The van der Waals surface area contributed by atoms with Gasteiger partial charge in [0.1, 0.15) is 5.82 Å². The Bertz CT molecular complexity index is 611. The maximum Gasteiger partial charge on any atom is 0.112 e. The van der Waals surface area contributed by atoms with Crippen LogP contribution in [0.1, 0.15) is 70.5 Å². The summed E-state index contributed by atoms with van der Waals surface area (Å²) in [6.07, 6.45) is 9.12. The minimum Gasteiger partial charge on any atom is -0.328 e. The quantitative estimate of drug-likeness (QED) is 0.583. The number of hydrogen-bond donors (Lipinski definition) is 0. The van der Waals surface area contributed by atoms with E-state index in [1.54, 1.807) is 0 Å². The number of unbranched alkanes of at least 4 members (excludes halogenated alkanes) is 1. The number of hydrogen-bond acceptors (Lipinski definition) is 2. The van der Waals surface area contributed by atoms with Gasteiger partial charge in [0.25, 0.3) is 0 Å². The predicted molar refractivity (Wildman–Crippen MR) is 96.9 cm³/mol. The number of aryl methyl sites for hydroxylation is 1. The summed E-state index contributed by atoms with van der Waals surface area (Å²) < 4.78 is 2.53. The molecule has 0 amide bonds. The van der Waals surface area contributed by atoms with Gasteiger partial charge in [0.05, 0.1) is 11.0 Å². The van der Waals surface area contributed by atoms with E-state index in [9.17, 15) is 0 Å². The number of fused-ring (bicyclic) bond motifs is 1. The van der Waals surface area contributed by atoms with Gasteiger partial charge in [0, 0.05) is 17.4 Å². The topological polar surface area (TPSA) is 17.8 Å². The smallest absolute Gasteiger partial charge is 0.112 e. The molecule has 0 radical (unpaired) electrons. The van der Waals surface area contributed by atoms with Gasteiger partial charge in [0.15, 0.2) is 0 Å². The van der Waals surface area contributed by atoms with Gasteiger partial charge in [-0.15, -0.1) is 11.8 Å². The van der Waals surface area contributed by atoms with Crippen LogP contribution >= 0.6 is 11.8 Å². The Labute approximate surface area is 138 Å². The van der Waals surface area contributed by atoms with Crippen LogP contribution in [0.3, 0.4) is 0 Å². The van der Waals surface area contributed by atoms with Gasteiger partial charge in [0.2, 0.25) is 0 Å². The fraction of sp³-hybridized carbons (Fsp3) is 0.632. The highest BCUT2D eigenvalue weighted by Crippen LogP contribution is 2.36. The number of benzene rings is 1. The molecule has 0 unspecified atom stereocenters. The lowest BCUT2D eigenvalue weighted by Crippen LogP contribution is -2.07. The highest BCUT2D eigenvalue weighted by atomic mass is 32.2. The van der Waals surface area contributed by atoms with Gasteiger partial charge in [-0.1, -0.05) is 33.1 Å². The molecule has 3 heteroatoms. The first-order valence-corrected chi connectivity index (χ1v) is 9.95. The molecule has 1 aliphatic rings. The molecule has 1 aromatic carbocycles. The van der Waals surface area contributed by atoms with Gasteiger partial charge in [-0.2, -0.15) is 0 Å². The van der Waals surface area contributed by atoms with Crippen molar-refractivity contribution in [2.24, 2.45) is 0 Å². The number of rotatable bonds is 7. The van der Waals surface area contributed by atoms with E-state index in [0.717, 1.165) is 6.54 Å². The lowest BCUT2D eigenvalue weighted by molar-refractivity contribution is 0.567. The number of imidazole rings is 1. The maximum atomic E-state index is 5.02. The molecule has 1 fully saturated rings. The van der Waals surface area contributed by atoms with E-state index in [4.69, 9.17) is 4.98 Å². The zero-order valence-electron chi connectivity index (χ0n) is 14.0. The minimum absolute atomic E-state index is 0.691. The first-order chi connectivity index (χ1) is 10.8. The van der Waals surface area contributed by atoms with E-state index in [-0.39, 0.29) is 0 Å². The summed E-state index contributed by atoms with van der Waals surface area (Å²) in [5, 5.41) is 0. The fourth-order valence-electron chi connectivity index (χ4n) is 3.48. The molecule has 22 heavy (non-hydrogen) atoms. The lowest BCUT2D eigenvalue weighted by Gasteiger charge is -2.13. The molecule has 2 aromatic rings. The van der Waals surface area contributed by atoms with Crippen molar-refractivity contribution in [2.75, 3.05) is 5.75 Å². The van der Waals surface area contributed by atoms with E-state index < -0.39 is 0 Å². The molecule has 0 aliphatic heterocycles. The Balaban J connectivity index is 1.98. The van der Waals surface area contributed by atoms with Crippen molar-refractivity contribution in [3.8, 4) is 0 Å². The van der Waals surface area contributed by atoms with Crippen LogP contribution in [0.2, 0.25) is 0 Å². The Hall–Kier alpha value is -0.960. The Morgan fingerprint density at radius 3 is 2.73 bits per heavy atom. The van der Waals surface area contributed by atoms with Crippen LogP contribution in [0.25, 0.3) is 11.0 Å². The first kappa shape index (κ1) is 15.9. The van der Waals surface area contributed by atoms with E-state index in [1.165, 1.54) is 72.5 Å². The third kappa shape index (κ3) is 3.34. The number of thioether (sulfide) groups is 1. The van der Waals surface area contributed by atoms with Crippen molar-refractivity contribution >= 4 is 22.8 Å². The molecule has 0 saturated heterocycles. The molecular formula is C19H28N2S. The summed E-state index contributed by atoms with van der Waals surface area (Å²) >= 11 is 1.97. The molecule has 1 heterocycles. The van der Waals surface area contributed by atoms with Crippen LogP contribution < -0.4 is 0 Å². The van der Waals surface area contributed by atoms with Gasteiger partial charge in [-0.25, -0.2) is 4.98 Å². The van der Waals surface area contributed by atoms with E-state index in [0.29, 0.717) is 5.92 Å². The van der Waals surface area contributed by atoms with Crippen molar-refractivity contribution in [1.29, 1.82) is 0 Å². The second-order valence-electron chi connectivity index (χ2n) is 6.46. The minimum atomic E-state index is 0.691. The summed E-state index contributed by atoms with van der Waals surface area (Å²) in [6, 6.07) is 6.85. The Morgan fingerprint density at radius 1 is 1.18 bits per heavy atom. The number of aromatic nitrogens is 2. The molecular weight excluding hydrogens is 288 g/mol. The monoisotopic (exact) mass is 316 g/mol. The largest absolute Gasteiger partial charge is 0.328 e. The van der Waals surface area contributed by atoms with E-state index >= 15 is 0 Å². The highest BCUT2D eigenvalue weighted by Gasteiger charge is 2.23. The third-order valence-corrected chi connectivity index (χ3v) is 5.88. The Kier molecular flexibility index (Phi) is 5.46. The van der Waals surface area contributed by atoms with Crippen LogP contribution in [-0.4, -0.2) is 15.3 Å². The van der Waals surface area contributed by atoms with Crippen molar-refractivity contribution in [2.45, 2.75) is 76.2 Å². The van der Waals surface area contributed by atoms with Crippen LogP contribution in [0.4, 0.5) is 0 Å². The summed E-state index contributed by atoms with van der Waals surface area (Å²) in [5.41, 5.74) is 2.55. The molecule has 0 bridgehead atoms. The SMILES string of the molecule is CCCCn1c(C2CCCC2)nc2ccc(SCCC)cc21. The molecule has 1 aromatic heterocycles. The standard InChI is InChI=1S/C19H28N2S/c1-3-5-12-21-18-14-16(22-13-4-2)10-11-17(18)20-19(21)15-8-6-7-9-15/h10-11,14-15H,3-9,12-13H2,1-2H3. The number of nitrogens with zero attached hydrogens (tertiary/aromatic N) is 2. The molecule has 2 nitrogen and oxygen atoms in total. The third-order valence-electron chi connectivity index (χ3n) is 4.68. The summed E-state index contributed by atoms with van der Waals surface area (Å²) in [7, 11) is 0. The maximum absolute atomic E-state index is 5.02. The average Bonchev–Trinajstić information content (AvgIpc) is 3.18. The van der Waals surface area contributed by atoms with Crippen molar-refractivity contribution in [3.05, 3.63) is 24.0 Å². The average molecular weight is 317 g/mol. The Morgan fingerprint density at radius 2 is 2.00 bits per heavy atom.